The Morgan fingerprint density at radius 2 is 2.08 bits per heavy atom. The van der Waals surface area contributed by atoms with Crippen LogP contribution in [0.25, 0.3) is 0 Å². The lowest BCUT2D eigenvalue weighted by Gasteiger charge is -2.14. The third-order valence-corrected chi connectivity index (χ3v) is 4.32. The zero-order chi connectivity index (χ0) is 16.9. The summed E-state index contributed by atoms with van der Waals surface area (Å²) in [5.74, 6) is -0.204. The SMILES string of the molecule is CC(NC(=O)c1cncnc1Oc1ccc(F)cc1)c1cccs1. The van der Waals surface area contributed by atoms with Crippen molar-refractivity contribution in [2.24, 2.45) is 0 Å². The average molecular weight is 343 g/mol. The molecule has 0 saturated carbocycles. The maximum absolute atomic E-state index is 13.0. The molecule has 2 aromatic heterocycles. The summed E-state index contributed by atoms with van der Waals surface area (Å²) in [7, 11) is 0. The lowest BCUT2D eigenvalue weighted by atomic mass is 10.2. The first-order valence-corrected chi connectivity index (χ1v) is 8.09. The Morgan fingerprint density at radius 1 is 1.29 bits per heavy atom. The Labute approximate surface area is 142 Å². The second kappa shape index (κ2) is 7.18. The number of amides is 1. The minimum atomic E-state index is -0.368. The van der Waals surface area contributed by atoms with Crippen molar-refractivity contribution < 1.29 is 13.9 Å². The molecule has 1 aromatic carbocycles. The minimum absolute atomic E-state index is 0.118. The third-order valence-electron chi connectivity index (χ3n) is 3.27. The Bertz CT molecular complexity index is 822. The number of ether oxygens (including phenoxy) is 1. The maximum atomic E-state index is 13.0. The van der Waals surface area contributed by atoms with E-state index in [9.17, 15) is 9.18 Å². The van der Waals surface area contributed by atoms with Crippen molar-refractivity contribution in [3.63, 3.8) is 0 Å². The van der Waals surface area contributed by atoms with Gasteiger partial charge in [0.15, 0.2) is 0 Å². The molecule has 0 radical (unpaired) electrons. The molecule has 122 valence electrons. The summed E-state index contributed by atoms with van der Waals surface area (Å²) in [5.41, 5.74) is 0.213. The molecule has 2 heterocycles. The molecule has 1 N–H and O–H groups in total. The van der Waals surface area contributed by atoms with Gasteiger partial charge < -0.3 is 10.1 Å². The normalized spacial score (nSPS) is 11.8. The zero-order valence-corrected chi connectivity index (χ0v) is 13.6. The number of nitrogens with one attached hydrogen (secondary N) is 1. The van der Waals surface area contributed by atoms with Gasteiger partial charge in [0, 0.05) is 11.1 Å². The molecule has 3 aromatic rings. The molecule has 1 amide bonds. The Balaban J connectivity index is 1.78. The van der Waals surface area contributed by atoms with Crippen molar-refractivity contribution in [1.29, 1.82) is 0 Å². The molecular formula is C17H14FN3O2S. The van der Waals surface area contributed by atoms with Crippen molar-refractivity contribution in [1.82, 2.24) is 15.3 Å². The first-order valence-electron chi connectivity index (χ1n) is 7.21. The summed E-state index contributed by atoms with van der Waals surface area (Å²) < 4.78 is 18.5. The first kappa shape index (κ1) is 16.1. The number of aromatic nitrogens is 2. The summed E-state index contributed by atoms with van der Waals surface area (Å²) in [6.07, 6.45) is 2.68. The van der Waals surface area contributed by atoms with Gasteiger partial charge in [-0.3, -0.25) is 4.79 Å². The smallest absolute Gasteiger partial charge is 0.258 e. The van der Waals surface area contributed by atoms with Gasteiger partial charge in [-0.15, -0.1) is 11.3 Å². The lowest BCUT2D eigenvalue weighted by molar-refractivity contribution is 0.0937. The average Bonchev–Trinajstić information content (AvgIpc) is 3.12. The van der Waals surface area contributed by atoms with E-state index in [1.165, 1.54) is 36.8 Å². The van der Waals surface area contributed by atoms with Gasteiger partial charge in [0.25, 0.3) is 5.91 Å². The summed E-state index contributed by atoms with van der Waals surface area (Å²) in [4.78, 5) is 21.4. The van der Waals surface area contributed by atoms with Gasteiger partial charge >= 0.3 is 0 Å². The number of thiophene rings is 1. The fourth-order valence-corrected chi connectivity index (χ4v) is 2.79. The lowest BCUT2D eigenvalue weighted by Crippen LogP contribution is -2.26. The van der Waals surface area contributed by atoms with E-state index in [2.05, 4.69) is 15.3 Å². The maximum Gasteiger partial charge on any atom is 0.258 e. The number of nitrogens with zero attached hydrogens (tertiary/aromatic N) is 2. The number of carbonyl (C=O) groups excluding carboxylic acids is 1. The molecular weight excluding hydrogens is 329 g/mol. The highest BCUT2D eigenvalue weighted by Crippen LogP contribution is 2.24. The van der Waals surface area contributed by atoms with Gasteiger partial charge in [0.2, 0.25) is 5.88 Å². The summed E-state index contributed by atoms with van der Waals surface area (Å²) in [6.45, 7) is 1.90. The molecule has 0 aliphatic heterocycles. The minimum Gasteiger partial charge on any atom is -0.438 e. The molecule has 0 fully saturated rings. The van der Waals surface area contributed by atoms with Crippen molar-refractivity contribution in [2.45, 2.75) is 13.0 Å². The van der Waals surface area contributed by atoms with Crippen LogP contribution in [0.3, 0.4) is 0 Å². The van der Waals surface area contributed by atoms with Gasteiger partial charge in [-0.2, -0.15) is 0 Å². The molecule has 0 saturated heterocycles. The van der Waals surface area contributed by atoms with E-state index >= 15 is 0 Å². The molecule has 0 spiro atoms. The number of benzene rings is 1. The zero-order valence-electron chi connectivity index (χ0n) is 12.8. The Morgan fingerprint density at radius 3 is 2.79 bits per heavy atom. The van der Waals surface area contributed by atoms with Crippen LogP contribution in [0.2, 0.25) is 0 Å². The molecule has 5 nitrogen and oxygen atoms in total. The van der Waals surface area contributed by atoms with Crippen molar-refractivity contribution in [3.05, 3.63) is 70.6 Å². The number of rotatable bonds is 5. The van der Waals surface area contributed by atoms with E-state index < -0.39 is 0 Å². The van der Waals surface area contributed by atoms with Crippen LogP contribution < -0.4 is 10.1 Å². The monoisotopic (exact) mass is 343 g/mol. The highest BCUT2D eigenvalue weighted by Gasteiger charge is 2.18. The van der Waals surface area contributed by atoms with Crippen LogP contribution in [-0.4, -0.2) is 15.9 Å². The van der Waals surface area contributed by atoms with E-state index in [1.807, 2.05) is 24.4 Å². The second-order valence-electron chi connectivity index (χ2n) is 5.01. The Hall–Kier alpha value is -2.80. The van der Waals surface area contributed by atoms with E-state index in [0.29, 0.717) is 5.75 Å². The molecule has 7 heteroatoms. The molecule has 0 aliphatic carbocycles. The third kappa shape index (κ3) is 3.75. The van der Waals surface area contributed by atoms with Crippen LogP contribution in [0.5, 0.6) is 11.6 Å². The molecule has 0 bridgehead atoms. The van der Waals surface area contributed by atoms with E-state index in [1.54, 1.807) is 11.3 Å². The Kier molecular flexibility index (Phi) is 4.81. The van der Waals surface area contributed by atoms with Crippen LogP contribution in [0.4, 0.5) is 4.39 Å². The van der Waals surface area contributed by atoms with Crippen LogP contribution in [0.1, 0.15) is 28.2 Å². The molecule has 24 heavy (non-hydrogen) atoms. The summed E-state index contributed by atoms with van der Waals surface area (Å²) >= 11 is 1.56. The summed E-state index contributed by atoms with van der Waals surface area (Å²) in [5, 5.41) is 4.84. The van der Waals surface area contributed by atoms with Gasteiger partial charge in [0.1, 0.15) is 23.5 Å². The van der Waals surface area contributed by atoms with Gasteiger partial charge in [-0.05, 0) is 42.6 Å². The van der Waals surface area contributed by atoms with Crippen LogP contribution in [0.15, 0.2) is 54.3 Å². The first-order chi connectivity index (χ1) is 11.6. The standard InChI is InChI=1S/C17H14FN3O2S/c1-11(15-3-2-8-24-15)21-16(22)14-9-19-10-20-17(14)23-13-6-4-12(18)5-7-13/h2-11H,1H3,(H,21,22). The number of hydrogen-bond donors (Lipinski definition) is 1. The quantitative estimate of drug-likeness (QED) is 0.761. The highest BCUT2D eigenvalue weighted by atomic mass is 32.1. The number of hydrogen-bond acceptors (Lipinski definition) is 5. The molecule has 1 unspecified atom stereocenters. The fourth-order valence-electron chi connectivity index (χ4n) is 2.05. The van der Waals surface area contributed by atoms with Crippen LogP contribution >= 0.6 is 11.3 Å². The number of halogens is 1. The van der Waals surface area contributed by atoms with Gasteiger partial charge in [-0.25, -0.2) is 14.4 Å². The molecule has 1 atom stereocenters. The summed E-state index contributed by atoms with van der Waals surface area (Å²) in [6, 6.07) is 9.21. The fraction of sp³-hybridized carbons (Fsp3) is 0.118. The van der Waals surface area contributed by atoms with Crippen LogP contribution in [0, 0.1) is 5.82 Å². The van der Waals surface area contributed by atoms with E-state index in [-0.39, 0.29) is 29.2 Å². The van der Waals surface area contributed by atoms with E-state index in [0.717, 1.165) is 4.88 Å². The van der Waals surface area contributed by atoms with Crippen molar-refractivity contribution >= 4 is 17.2 Å². The van der Waals surface area contributed by atoms with Crippen molar-refractivity contribution in [3.8, 4) is 11.6 Å². The van der Waals surface area contributed by atoms with E-state index in [4.69, 9.17) is 4.74 Å². The number of carbonyl (C=O) groups is 1. The largest absolute Gasteiger partial charge is 0.438 e. The predicted octanol–water partition coefficient (Wildman–Crippen LogP) is 3.96. The van der Waals surface area contributed by atoms with Gasteiger partial charge in [-0.1, -0.05) is 6.07 Å². The topological polar surface area (TPSA) is 64.1 Å². The molecule has 0 aliphatic rings. The highest BCUT2D eigenvalue weighted by molar-refractivity contribution is 7.10. The second-order valence-corrected chi connectivity index (χ2v) is 5.99. The predicted molar refractivity (Wildman–Crippen MR) is 88.7 cm³/mol. The van der Waals surface area contributed by atoms with Gasteiger partial charge in [0.05, 0.1) is 6.04 Å². The van der Waals surface area contributed by atoms with Crippen LogP contribution in [-0.2, 0) is 0 Å². The van der Waals surface area contributed by atoms with Crippen molar-refractivity contribution in [2.75, 3.05) is 0 Å². The molecule has 3 rings (SSSR count).